The van der Waals surface area contributed by atoms with E-state index in [1.807, 2.05) is 0 Å². The number of carbonyl (C=O) groups is 3. The molecular formula is C6H10N2O4. The minimum absolute atomic E-state index is 0.0573. The van der Waals surface area contributed by atoms with Gasteiger partial charge >= 0.3 is 12.0 Å². The van der Waals surface area contributed by atoms with Crippen molar-refractivity contribution >= 4 is 18.3 Å². The molecule has 0 aromatic heterocycles. The Morgan fingerprint density at radius 1 is 1.58 bits per heavy atom. The Morgan fingerprint density at radius 2 is 2.17 bits per heavy atom. The van der Waals surface area contributed by atoms with Gasteiger partial charge in [0.25, 0.3) is 0 Å². The lowest BCUT2D eigenvalue weighted by Crippen LogP contribution is -2.39. The number of carboxylic acids is 1. The molecule has 0 radical (unpaired) electrons. The molecule has 0 fully saturated rings. The van der Waals surface area contributed by atoms with Crippen molar-refractivity contribution in [3.05, 3.63) is 0 Å². The van der Waals surface area contributed by atoms with Crippen LogP contribution < -0.4 is 11.1 Å². The monoisotopic (exact) mass is 174 g/mol. The van der Waals surface area contributed by atoms with Gasteiger partial charge in [-0.1, -0.05) is 0 Å². The van der Waals surface area contributed by atoms with Gasteiger partial charge in [0.1, 0.15) is 6.29 Å². The smallest absolute Gasteiger partial charge is 0.312 e. The van der Waals surface area contributed by atoms with E-state index in [2.05, 4.69) is 5.32 Å². The van der Waals surface area contributed by atoms with Crippen molar-refractivity contribution in [2.45, 2.75) is 18.9 Å². The Bertz CT molecular complexity index is 192. The summed E-state index contributed by atoms with van der Waals surface area (Å²) in [5.74, 6) is -1.02. The Morgan fingerprint density at radius 3 is 2.50 bits per heavy atom. The summed E-state index contributed by atoms with van der Waals surface area (Å²) in [5.41, 5.74) is 4.72. The third-order valence-electron chi connectivity index (χ3n) is 1.16. The maximum Gasteiger partial charge on any atom is 0.312 e. The Hall–Kier alpha value is -1.59. The maximum atomic E-state index is 10.2. The van der Waals surface area contributed by atoms with Crippen molar-refractivity contribution in [3.8, 4) is 0 Å². The van der Waals surface area contributed by atoms with Crippen LogP contribution in [0.1, 0.15) is 12.8 Å². The highest BCUT2D eigenvalue weighted by Gasteiger charge is 2.10. The summed E-state index contributed by atoms with van der Waals surface area (Å²) in [4.78, 5) is 30.5. The van der Waals surface area contributed by atoms with Crippen molar-refractivity contribution in [2.24, 2.45) is 5.73 Å². The van der Waals surface area contributed by atoms with Crippen LogP contribution in [0.5, 0.6) is 0 Å². The standard InChI is InChI=1S/C6H10N2O4/c7-6(12)8-4(3-9)1-2-5(10)11/h3-4H,1-2H2,(H,10,11)(H3,7,8,12)/t4-/m0/s1. The van der Waals surface area contributed by atoms with Crippen LogP contribution in [-0.4, -0.2) is 29.4 Å². The van der Waals surface area contributed by atoms with E-state index in [1.54, 1.807) is 0 Å². The molecule has 68 valence electrons. The average molecular weight is 174 g/mol. The molecule has 0 aromatic rings. The van der Waals surface area contributed by atoms with Crippen molar-refractivity contribution in [3.63, 3.8) is 0 Å². The van der Waals surface area contributed by atoms with Gasteiger partial charge in [-0.15, -0.1) is 0 Å². The summed E-state index contributed by atoms with van der Waals surface area (Å²) in [7, 11) is 0. The fourth-order valence-corrected chi connectivity index (χ4v) is 0.636. The number of hydrogen-bond donors (Lipinski definition) is 3. The third-order valence-corrected chi connectivity index (χ3v) is 1.16. The number of carboxylic acid groups (broad SMARTS) is 1. The van der Waals surface area contributed by atoms with Crippen LogP contribution in [0.25, 0.3) is 0 Å². The highest BCUT2D eigenvalue weighted by atomic mass is 16.4. The molecule has 0 aliphatic heterocycles. The molecule has 0 heterocycles. The van der Waals surface area contributed by atoms with Gasteiger partial charge in [-0.2, -0.15) is 0 Å². The van der Waals surface area contributed by atoms with E-state index in [4.69, 9.17) is 10.8 Å². The summed E-state index contributed by atoms with van der Waals surface area (Å²) >= 11 is 0. The Kier molecular flexibility index (Phi) is 4.43. The Labute approximate surface area is 68.7 Å². The molecule has 0 rings (SSSR count). The molecule has 1 atom stereocenters. The zero-order valence-corrected chi connectivity index (χ0v) is 6.32. The van der Waals surface area contributed by atoms with E-state index in [0.29, 0.717) is 6.29 Å². The number of rotatable bonds is 5. The predicted octanol–water partition coefficient (Wildman–Crippen LogP) is -0.913. The second kappa shape index (κ2) is 5.11. The highest BCUT2D eigenvalue weighted by Crippen LogP contribution is 1.93. The summed E-state index contributed by atoms with van der Waals surface area (Å²) in [6.45, 7) is 0. The second-order valence-corrected chi connectivity index (χ2v) is 2.18. The van der Waals surface area contributed by atoms with Gasteiger partial charge < -0.3 is 21.0 Å². The van der Waals surface area contributed by atoms with E-state index < -0.39 is 18.0 Å². The van der Waals surface area contributed by atoms with Crippen LogP contribution >= 0.6 is 0 Å². The third kappa shape index (κ3) is 5.21. The fraction of sp³-hybridized carbons (Fsp3) is 0.500. The van der Waals surface area contributed by atoms with Gasteiger partial charge in [0.2, 0.25) is 0 Å². The lowest BCUT2D eigenvalue weighted by Gasteiger charge is -2.07. The number of carbonyl (C=O) groups excluding carboxylic acids is 2. The number of primary amides is 1. The minimum Gasteiger partial charge on any atom is -0.481 e. The minimum atomic E-state index is -1.02. The van der Waals surface area contributed by atoms with Crippen LogP contribution in [-0.2, 0) is 9.59 Å². The number of urea groups is 1. The second-order valence-electron chi connectivity index (χ2n) is 2.18. The van der Waals surface area contributed by atoms with Crippen molar-refractivity contribution < 1.29 is 19.5 Å². The molecular weight excluding hydrogens is 164 g/mol. The number of nitrogens with two attached hydrogens (primary N) is 1. The molecule has 0 unspecified atom stereocenters. The zero-order valence-electron chi connectivity index (χ0n) is 6.32. The Balaban J connectivity index is 3.75. The normalized spacial score (nSPS) is 11.7. The molecule has 0 spiro atoms. The zero-order chi connectivity index (χ0) is 9.56. The van der Waals surface area contributed by atoms with Gasteiger partial charge in [-0.05, 0) is 6.42 Å². The van der Waals surface area contributed by atoms with Crippen molar-refractivity contribution in [1.29, 1.82) is 0 Å². The lowest BCUT2D eigenvalue weighted by molar-refractivity contribution is -0.137. The van der Waals surface area contributed by atoms with Crippen LogP contribution in [0, 0.1) is 0 Å². The molecule has 4 N–H and O–H groups in total. The fourth-order valence-electron chi connectivity index (χ4n) is 0.636. The first kappa shape index (κ1) is 10.4. The first-order valence-corrected chi connectivity index (χ1v) is 3.29. The van der Waals surface area contributed by atoms with Gasteiger partial charge in [-0.3, -0.25) is 4.79 Å². The molecule has 0 aromatic carbocycles. The SMILES string of the molecule is NC(=O)N[C@H](C=O)CCC(=O)O. The molecule has 0 saturated heterocycles. The van der Waals surface area contributed by atoms with Crippen molar-refractivity contribution in [1.82, 2.24) is 5.32 Å². The topological polar surface area (TPSA) is 109 Å². The van der Waals surface area contributed by atoms with Crippen molar-refractivity contribution in [2.75, 3.05) is 0 Å². The quantitative estimate of drug-likeness (QED) is 0.468. The van der Waals surface area contributed by atoms with E-state index in [-0.39, 0.29) is 12.8 Å². The molecule has 2 amide bonds. The largest absolute Gasteiger partial charge is 0.481 e. The predicted molar refractivity (Wildman–Crippen MR) is 39.4 cm³/mol. The van der Waals surface area contributed by atoms with Crippen LogP contribution in [0.2, 0.25) is 0 Å². The van der Waals surface area contributed by atoms with Gasteiger partial charge in [0, 0.05) is 6.42 Å². The van der Waals surface area contributed by atoms with E-state index in [0.717, 1.165) is 0 Å². The maximum absolute atomic E-state index is 10.2. The average Bonchev–Trinajstić information content (AvgIpc) is 1.97. The highest BCUT2D eigenvalue weighted by molar-refractivity contribution is 5.76. The summed E-state index contributed by atoms with van der Waals surface area (Å²) in [6, 6.07) is -1.64. The summed E-state index contributed by atoms with van der Waals surface area (Å²) < 4.78 is 0. The van der Waals surface area contributed by atoms with Crippen LogP contribution in [0.15, 0.2) is 0 Å². The molecule has 0 saturated carbocycles. The van der Waals surface area contributed by atoms with E-state index >= 15 is 0 Å². The van der Waals surface area contributed by atoms with Gasteiger partial charge in [-0.25, -0.2) is 4.79 Å². The lowest BCUT2D eigenvalue weighted by atomic mass is 10.2. The van der Waals surface area contributed by atoms with E-state index in [9.17, 15) is 14.4 Å². The summed E-state index contributed by atoms with van der Waals surface area (Å²) in [6.07, 6.45) is 0.332. The summed E-state index contributed by atoms with van der Waals surface area (Å²) in [5, 5.41) is 10.3. The first-order chi connectivity index (χ1) is 5.56. The molecule has 0 aliphatic carbocycles. The van der Waals surface area contributed by atoms with E-state index in [1.165, 1.54) is 0 Å². The molecule has 0 aliphatic rings. The first-order valence-electron chi connectivity index (χ1n) is 3.29. The number of nitrogens with one attached hydrogen (secondary N) is 1. The number of aliphatic carboxylic acids is 1. The number of hydrogen-bond acceptors (Lipinski definition) is 3. The van der Waals surface area contributed by atoms with Gasteiger partial charge in [0.15, 0.2) is 0 Å². The molecule has 6 heteroatoms. The van der Waals surface area contributed by atoms with Gasteiger partial charge in [0.05, 0.1) is 6.04 Å². The number of aldehydes is 1. The van der Waals surface area contributed by atoms with Crippen LogP contribution in [0.4, 0.5) is 4.79 Å². The number of amides is 2. The molecule has 0 bridgehead atoms. The van der Waals surface area contributed by atoms with Crippen LogP contribution in [0.3, 0.4) is 0 Å². The molecule has 12 heavy (non-hydrogen) atoms. The molecule has 6 nitrogen and oxygen atoms in total.